The van der Waals surface area contributed by atoms with Gasteiger partial charge in [-0.25, -0.2) is 0 Å². The average Bonchev–Trinajstić information content (AvgIpc) is 1.68. The maximum Gasteiger partial charge on any atom is 0.0540 e. The van der Waals surface area contributed by atoms with Gasteiger partial charge >= 0.3 is 0 Å². The number of aliphatic hydroxyl groups excluding tert-OH is 1. The van der Waals surface area contributed by atoms with Crippen LogP contribution in [0.3, 0.4) is 0 Å². The highest BCUT2D eigenvalue weighted by Gasteiger charge is 1.97. The van der Waals surface area contributed by atoms with Gasteiger partial charge in [0.25, 0.3) is 0 Å². The summed E-state index contributed by atoms with van der Waals surface area (Å²) in [6.45, 7) is 5.72. The molecular formula is C7H15O. The minimum atomic E-state index is -0.0995. The van der Waals surface area contributed by atoms with E-state index < -0.39 is 0 Å². The lowest BCUT2D eigenvalue weighted by Gasteiger charge is -2.04. The fraction of sp³-hybridized carbons (Fsp3) is 0.857. The van der Waals surface area contributed by atoms with Crippen molar-refractivity contribution < 1.29 is 5.11 Å². The Morgan fingerprint density at radius 1 is 1.50 bits per heavy atom. The van der Waals surface area contributed by atoms with Gasteiger partial charge in [-0.3, -0.25) is 0 Å². The summed E-state index contributed by atoms with van der Waals surface area (Å²) in [6, 6.07) is 0. The molecule has 1 unspecified atom stereocenters. The molecule has 0 heterocycles. The zero-order chi connectivity index (χ0) is 6.41. The summed E-state index contributed by atoms with van der Waals surface area (Å²) in [7, 11) is 0. The molecule has 0 aromatic carbocycles. The Morgan fingerprint density at radius 3 is 2.50 bits per heavy atom. The van der Waals surface area contributed by atoms with E-state index in [1.54, 1.807) is 0 Å². The second-order valence-electron chi connectivity index (χ2n) is 2.08. The molecule has 0 saturated heterocycles. The van der Waals surface area contributed by atoms with Gasteiger partial charge in [0.15, 0.2) is 0 Å². The highest BCUT2D eigenvalue weighted by Crippen LogP contribution is 2.02. The van der Waals surface area contributed by atoms with E-state index in [2.05, 4.69) is 13.8 Å². The van der Waals surface area contributed by atoms with Gasteiger partial charge in [-0.1, -0.05) is 26.7 Å². The van der Waals surface area contributed by atoms with Crippen molar-refractivity contribution in [3.05, 3.63) is 6.92 Å². The quantitative estimate of drug-likeness (QED) is 0.592. The molecule has 0 saturated carbocycles. The van der Waals surface area contributed by atoms with Crippen LogP contribution in [-0.4, -0.2) is 11.2 Å². The van der Waals surface area contributed by atoms with Crippen molar-refractivity contribution in [3.63, 3.8) is 0 Å². The van der Waals surface area contributed by atoms with E-state index in [0.717, 1.165) is 25.7 Å². The lowest BCUT2D eigenvalue weighted by molar-refractivity contribution is 0.154. The molecule has 1 N–H and O–H groups in total. The molecule has 0 bridgehead atoms. The first kappa shape index (κ1) is 7.96. The Kier molecular flexibility index (Phi) is 5.08. The van der Waals surface area contributed by atoms with Crippen molar-refractivity contribution in [2.24, 2.45) is 0 Å². The summed E-state index contributed by atoms with van der Waals surface area (Å²) in [4.78, 5) is 0. The molecule has 1 radical (unpaired) electrons. The molecule has 49 valence electrons. The largest absolute Gasteiger partial charge is 0.393 e. The second-order valence-corrected chi connectivity index (χ2v) is 2.08. The maximum absolute atomic E-state index is 9.01. The van der Waals surface area contributed by atoms with E-state index in [1.807, 2.05) is 0 Å². The SMILES string of the molecule is [CH2]CCC(O)CCC. The van der Waals surface area contributed by atoms with E-state index in [1.165, 1.54) is 0 Å². The van der Waals surface area contributed by atoms with Gasteiger partial charge in [0.05, 0.1) is 6.10 Å². The summed E-state index contributed by atoms with van der Waals surface area (Å²) < 4.78 is 0. The number of hydrogen-bond donors (Lipinski definition) is 1. The van der Waals surface area contributed by atoms with Gasteiger partial charge in [-0.15, -0.1) is 0 Å². The van der Waals surface area contributed by atoms with E-state index in [0.29, 0.717) is 0 Å². The van der Waals surface area contributed by atoms with Crippen LogP contribution in [0.4, 0.5) is 0 Å². The summed E-state index contributed by atoms with van der Waals surface area (Å²) in [5.41, 5.74) is 0. The van der Waals surface area contributed by atoms with Crippen molar-refractivity contribution in [3.8, 4) is 0 Å². The Balaban J connectivity index is 2.92. The highest BCUT2D eigenvalue weighted by atomic mass is 16.3. The topological polar surface area (TPSA) is 20.2 Å². The predicted molar refractivity (Wildman–Crippen MR) is 35.5 cm³/mol. The van der Waals surface area contributed by atoms with Gasteiger partial charge in [-0.2, -0.15) is 0 Å². The van der Waals surface area contributed by atoms with E-state index in [9.17, 15) is 0 Å². The van der Waals surface area contributed by atoms with Crippen molar-refractivity contribution in [1.29, 1.82) is 0 Å². The molecule has 1 heteroatoms. The molecular weight excluding hydrogens is 100 g/mol. The zero-order valence-electron chi connectivity index (χ0n) is 5.56. The maximum atomic E-state index is 9.01. The van der Waals surface area contributed by atoms with Gasteiger partial charge in [0.1, 0.15) is 0 Å². The average molecular weight is 115 g/mol. The third-order valence-corrected chi connectivity index (χ3v) is 1.16. The van der Waals surface area contributed by atoms with E-state index in [-0.39, 0.29) is 6.10 Å². The molecule has 0 aromatic rings. The lowest BCUT2D eigenvalue weighted by Crippen LogP contribution is -2.03. The molecule has 0 aliphatic rings. The van der Waals surface area contributed by atoms with Crippen LogP contribution >= 0.6 is 0 Å². The first-order valence-electron chi connectivity index (χ1n) is 3.28. The van der Waals surface area contributed by atoms with Gasteiger partial charge in [0, 0.05) is 0 Å². The van der Waals surface area contributed by atoms with Crippen LogP contribution < -0.4 is 0 Å². The molecule has 0 fully saturated rings. The number of rotatable bonds is 4. The lowest BCUT2D eigenvalue weighted by atomic mass is 10.1. The minimum Gasteiger partial charge on any atom is -0.393 e. The normalized spacial score (nSPS) is 10.5. The Morgan fingerprint density at radius 2 is 2.12 bits per heavy atom. The molecule has 0 rings (SSSR count). The number of aliphatic hydroxyl groups is 1. The van der Waals surface area contributed by atoms with Crippen LogP contribution in [0, 0.1) is 6.92 Å². The van der Waals surface area contributed by atoms with Crippen LogP contribution in [0.25, 0.3) is 0 Å². The molecule has 0 aromatic heterocycles. The summed E-state index contributed by atoms with van der Waals surface area (Å²) >= 11 is 0. The van der Waals surface area contributed by atoms with Crippen LogP contribution in [0.2, 0.25) is 0 Å². The van der Waals surface area contributed by atoms with Crippen LogP contribution in [0.5, 0.6) is 0 Å². The predicted octanol–water partition coefficient (Wildman–Crippen LogP) is 1.76. The van der Waals surface area contributed by atoms with E-state index in [4.69, 9.17) is 5.11 Å². The van der Waals surface area contributed by atoms with E-state index >= 15 is 0 Å². The highest BCUT2D eigenvalue weighted by molar-refractivity contribution is 4.54. The third-order valence-electron chi connectivity index (χ3n) is 1.16. The first-order chi connectivity index (χ1) is 3.81. The Labute approximate surface area is 51.7 Å². The van der Waals surface area contributed by atoms with Crippen molar-refractivity contribution >= 4 is 0 Å². The van der Waals surface area contributed by atoms with Crippen molar-refractivity contribution in [1.82, 2.24) is 0 Å². The smallest absolute Gasteiger partial charge is 0.0540 e. The molecule has 1 nitrogen and oxygen atoms in total. The molecule has 8 heavy (non-hydrogen) atoms. The number of hydrogen-bond acceptors (Lipinski definition) is 1. The zero-order valence-corrected chi connectivity index (χ0v) is 5.56. The fourth-order valence-electron chi connectivity index (χ4n) is 0.713. The summed E-state index contributed by atoms with van der Waals surface area (Å²) in [5.74, 6) is 0. The summed E-state index contributed by atoms with van der Waals surface area (Å²) in [5, 5.41) is 9.01. The molecule has 0 aliphatic carbocycles. The fourth-order valence-corrected chi connectivity index (χ4v) is 0.713. The monoisotopic (exact) mass is 115 g/mol. The Hall–Kier alpha value is -0.0400. The van der Waals surface area contributed by atoms with Crippen LogP contribution in [0.15, 0.2) is 0 Å². The van der Waals surface area contributed by atoms with Crippen molar-refractivity contribution in [2.45, 2.75) is 38.7 Å². The van der Waals surface area contributed by atoms with Gasteiger partial charge in [-0.05, 0) is 12.8 Å². The molecule has 1 atom stereocenters. The molecule has 0 amide bonds. The molecule has 0 spiro atoms. The summed E-state index contributed by atoms with van der Waals surface area (Å²) in [6.07, 6.45) is 3.60. The van der Waals surface area contributed by atoms with Gasteiger partial charge in [0.2, 0.25) is 0 Å². The third kappa shape index (κ3) is 4.13. The van der Waals surface area contributed by atoms with Crippen LogP contribution in [0.1, 0.15) is 32.6 Å². The van der Waals surface area contributed by atoms with Crippen molar-refractivity contribution in [2.75, 3.05) is 0 Å². The Bertz CT molecular complexity index is 37.7. The van der Waals surface area contributed by atoms with Crippen LogP contribution in [-0.2, 0) is 0 Å². The first-order valence-corrected chi connectivity index (χ1v) is 3.28. The molecule has 0 aliphatic heterocycles. The van der Waals surface area contributed by atoms with Gasteiger partial charge < -0.3 is 5.11 Å². The second kappa shape index (κ2) is 5.10. The standard InChI is InChI=1S/C7H15O/c1-3-5-7(8)6-4-2/h7-8H,1,3-6H2,2H3. The minimum absolute atomic E-state index is 0.0995.